The van der Waals surface area contributed by atoms with E-state index < -0.39 is 11.7 Å². The molecule has 6 heteroatoms. The van der Waals surface area contributed by atoms with Gasteiger partial charge in [-0.15, -0.1) is 0 Å². The largest absolute Gasteiger partial charge is 0.366 e. The van der Waals surface area contributed by atoms with Crippen molar-refractivity contribution >= 4 is 39.3 Å². The Morgan fingerprint density at radius 3 is 2.79 bits per heavy atom. The Hall–Kier alpha value is -2.92. The van der Waals surface area contributed by atoms with Crippen LogP contribution in [0.15, 0.2) is 48.7 Å². The van der Waals surface area contributed by atoms with Crippen molar-refractivity contribution in [3.8, 4) is 11.3 Å². The monoisotopic (exact) mass is 339 g/mol. The summed E-state index contributed by atoms with van der Waals surface area (Å²) in [4.78, 5) is 19.1. The van der Waals surface area contributed by atoms with E-state index >= 15 is 0 Å². The Morgan fingerprint density at radius 2 is 2.00 bits per heavy atom. The van der Waals surface area contributed by atoms with Crippen LogP contribution in [-0.2, 0) is 0 Å². The molecular formula is C18H11ClFN3O. The molecule has 0 saturated carbocycles. The normalized spacial score (nSPS) is 11.2. The summed E-state index contributed by atoms with van der Waals surface area (Å²) in [6, 6.07) is 11.4. The number of H-pyrrole nitrogens is 1. The fraction of sp³-hybridized carbons (Fsp3) is 0. The lowest BCUT2D eigenvalue weighted by Gasteiger charge is -2.05. The minimum absolute atomic E-state index is 0.313. The predicted octanol–water partition coefficient (Wildman–Crippen LogP) is 4.27. The van der Waals surface area contributed by atoms with E-state index in [-0.39, 0.29) is 0 Å². The number of halogens is 2. The summed E-state index contributed by atoms with van der Waals surface area (Å²) in [6.07, 6.45) is 1.74. The number of aromatic amines is 1. The van der Waals surface area contributed by atoms with Gasteiger partial charge in [0, 0.05) is 28.1 Å². The van der Waals surface area contributed by atoms with Crippen LogP contribution in [0.4, 0.5) is 4.39 Å². The molecule has 2 aromatic carbocycles. The van der Waals surface area contributed by atoms with Crippen LogP contribution >= 0.6 is 11.6 Å². The second-order valence-electron chi connectivity index (χ2n) is 5.45. The minimum atomic E-state index is -0.504. The smallest absolute Gasteiger partial charge is 0.249 e. The highest BCUT2D eigenvalue weighted by molar-refractivity contribution is 6.35. The minimum Gasteiger partial charge on any atom is -0.366 e. The summed E-state index contributed by atoms with van der Waals surface area (Å²) in [5.41, 5.74) is 8.49. The van der Waals surface area contributed by atoms with Gasteiger partial charge < -0.3 is 10.7 Å². The van der Waals surface area contributed by atoms with Gasteiger partial charge in [-0.3, -0.25) is 4.79 Å². The van der Waals surface area contributed by atoms with E-state index in [1.54, 1.807) is 36.5 Å². The van der Waals surface area contributed by atoms with Gasteiger partial charge in [-0.25, -0.2) is 9.37 Å². The Morgan fingerprint density at radius 1 is 1.17 bits per heavy atom. The maximum atomic E-state index is 13.7. The highest BCUT2D eigenvalue weighted by atomic mass is 35.5. The first-order chi connectivity index (χ1) is 11.5. The second-order valence-corrected chi connectivity index (χ2v) is 5.85. The van der Waals surface area contributed by atoms with Crippen molar-refractivity contribution < 1.29 is 9.18 Å². The molecule has 118 valence electrons. The van der Waals surface area contributed by atoms with Crippen molar-refractivity contribution in [1.29, 1.82) is 0 Å². The first-order valence-electron chi connectivity index (χ1n) is 7.20. The molecule has 4 nitrogen and oxygen atoms in total. The maximum absolute atomic E-state index is 13.7. The quantitative estimate of drug-likeness (QED) is 0.572. The van der Waals surface area contributed by atoms with Crippen molar-refractivity contribution in [2.24, 2.45) is 5.73 Å². The second kappa shape index (κ2) is 5.32. The van der Waals surface area contributed by atoms with Crippen LogP contribution in [0.1, 0.15) is 10.4 Å². The van der Waals surface area contributed by atoms with Crippen molar-refractivity contribution in [3.05, 3.63) is 65.1 Å². The number of aromatic nitrogens is 2. The van der Waals surface area contributed by atoms with E-state index in [2.05, 4.69) is 9.97 Å². The Kier molecular flexibility index (Phi) is 3.25. The van der Waals surface area contributed by atoms with Gasteiger partial charge in [-0.2, -0.15) is 0 Å². The number of amides is 1. The van der Waals surface area contributed by atoms with Gasteiger partial charge in [0.05, 0.1) is 21.7 Å². The molecule has 4 aromatic rings. The summed E-state index contributed by atoms with van der Waals surface area (Å²) < 4.78 is 13.7. The number of hydrogen-bond acceptors (Lipinski definition) is 2. The van der Waals surface area contributed by atoms with Crippen molar-refractivity contribution in [3.63, 3.8) is 0 Å². The topological polar surface area (TPSA) is 71.8 Å². The summed E-state index contributed by atoms with van der Waals surface area (Å²) in [7, 11) is 0. The third-order valence-electron chi connectivity index (χ3n) is 3.98. The number of carbonyl (C=O) groups is 1. The zero-order valence-electron chi connectivity index (χ0n) is 12.3. The number of benzene rings is 2. The van der Waals surface area contributed by atoms with Gasteiger partial charge in [0.2, 0.25) is 5.91 Å². The van der Waals surface area contributed by atoms with E-state index in [1.807, 2.05) is 0 Å². The zero-order chi connectivity index (χ0) is 16.8. The molecule has 3 N–H and O–H groups in total. The Labute approximate surface area is 141 Å². The zero-order valence-corrected chi connectivity index (χ0v) is 13.1. The number of rotatable bonds is 2. The van der Waals surface area contributed by atoms with Gasteiger partial charge in [-0.05, 0) is 36.4 Å². The Balaban J connectivity index is 1.96. The average Bonchev–Trinajstić information content (AvgIpc) is 2.97. The summed E-state index contributed by atoms with van der Waals surface area (Å²) in [5, 5.41) is 1.64. The maximum Gasteiger partial charge on any atom is 0.249 e. The van der Waals surface area contributed by atoms with Crippen LogP contribution in [0.3, 0.4) is 0 Å². The number of hydrogen-bond donors (Lipinski definition) is 2. The van der Waals surface area contributed by atoms with Crippen LogP contribution in [0.5, 0.6) is 0 Å². The Bertz CT molecular complexity index is 1120. The molecule has 0 saturated heterocycles. The number of nitrogens with two attached hydrogens (primary N) is 1. The number of primary amides is 1. The molecule has 1 amide bonds. The van der Waals surface area contributed by atoms with Crippen LogP contribution in [-0.4, -0.2) is 15.9 Å². The molecule has 0 unspecified atom stereocenters. The van der Waals surface area contributed by atoms with Crippen molar-refractivity contribution in [2.45, 2.75) is 0 Å². The first kappa shape index (κ1) is 14.7. The van der Waals surface area contributed by atoms with E-state index in [0.29, 0.717) is 38.1 Å². The molecule has 0 fully saturated rings. The lowest BCUT2D eigenvalue weighted by Crippen LogP contribution is -2.11. The van der Waals surface area contributed by atoms with Gasteiger partial charge in [0.15, 0.2) is 0 Å². The SMILES string of the molecule is NC(=O)c1cccc2nc(-c3c[nH]c4c(Cl)cc(F)cc34)ccc12. The number of nitrogens with zero attached hydrogens (tertiary/aromatic N) is 1. The lowest BCUT2D eigenvalue weighted by molar-refractivity contribution is 0.100. The number of pyridine rings is 1. The van der Waals surface area contributed by atoms with E-state index in [4.69, 9.17) is 17.3 Å². The third kappa shape index (κ3) is 2.21. The molecule has 0 atom stereocenters. The molecule has 0 radical (unpaired) electrons. The van der Waals surface area contributed by atoms with Crippen LogP contribution in [0.25, 0.3) is 33.1 Å². The van der Waals surface area contributed by atoms with Gasteiger partial charge >= 0.3 is 0 Å². The van der Waals surface area contributed by atoms with E-state index in [1.165, 1.54) is 12.1 Å². The van der Waals surface area contributed by atoms with Crippen LogP contribution < -0.4 is 5.73 Å². The molecule has 2 heterocycles. The lowest BCUT2D eigenvalue weighted by atomic mass is 10.0. The highest BCUT2D eigenvalue weighted by Crippen LogP contribution is 2.33. The van der Waals surface area contributed by atoms with Crippen molar-refractivity contribution in [2.75, 3.05) is 0 Å². The van der Waals surface area contributed by atoms with Gasteiger partial charge in [-0.1, -0.05) is 17.7 Å². The fourth-order valence-corrected chi connectivity index (χ4v) is 3.15. The summed E-state index contributed by atoms with van der Waals surface area (Å²) in [5.74, 6) is -0.916. The van der Waals surface area contributed by atoms with Crippen LogP contribution in [0, 0.1) is 5.82 Å². The molecule has 0 bridgehead atoms. The van der Waals surface area contributed by atoms with E-state index in [0.717, 1.165) is 5.56 Å². The molecule has 4 rings (SSSR count). The summed E-state index contributed by atoms with van der Waals surface area (Å²) in [6.45, 7) is 0. The fourth-order valence-electron chi connectivity index (χ4n) is 2.89. The third-order valence-corrected chi connectivity index (χ3v) is 4.28. The number of fused-ring (bicyclic) bond motifs is 2. The van der Waals surface area contributed by atoms with Crippen LogP contribution in [0.2, 0.25) is 5.02 Å². The average molecular weight is 340 g/mol. The molecular weight excluding hydrogens is 329 g/mol. The predicted molar refractivity (Wildman–Crippen MR) is 92.5 cm³/mol. The molecule has 0 spiro atoms. The molecule has 2 aromatic heterocycles. The summed E-state index contributed by atoms with van der Waals surface area (Å²) >= 11 is 6.07. The van der Waals surface area contributed by atoms with Gasteiger partial charge in [0.1, 0.15) is 5.82 Å². The molecule has 0 aliphatic heterocycles. The highest BCUT2D eigenvalue weighted by Gasteiger charge is 2.13. The van der Waals surface area contributed by atoms with Crippen molar-refractivity contribution in [1.82, 2.24) is 9.97 Å². The van der Waals surface area contributed by atoms with E-state index in [9.17, 15) is 9.18 Å². The number of carbonyl (C=O) groups excluding carboxylic acids is 1. The standard InChI is InChI=1S/C18H11ClFN3O/c19-14-7-9(20)6-12-13(8-22-17(12)14)16-5-4-10-11(18(21)24)2-1-3-15(10)23-16/h1-8,22H,(H2,21,24). The number of nitrogens with one attached hydrogen (secondary N) is 1. The molecule has 24 heavy (non-hydrogen) atoms. The first-order valence-corrected chi connectivity index (χ1v) is 7.58. The molecule has 0 aliphatic rings. The molecule has 0 aliphatic carbocycles. The van der Waals surface area contributed by atoms with Gasteiger partial charge in [0.25, 0.3) is 0 Å².